The van der Waals surface area contributed by atoms with Crippen molar-refractivity contribution < 1.29 is 14.1 Å². The van der Waals surface area contributed by atoms with Crippen LogP contribution >= 0.6 is 7.14 Å². The number of likely N-dealkylation sites (tertiary alicyclic amines) is 1. The van der Waals surface area contributed by atoms with E-state index in [0.717, 1.165) is 42.2 Å². The summed E-state index contributed by atoms with van der Waals surface area (Å²) in [7, 11) is -2.93. The molecule has 3 rings (SSSR count). The quantitative estimate of drug-likeness (QED) is 0.417. The minimum absolute atomic E-state index is 0.319. The summed E-state index contributed by atoms with van der Waals surface area (Å²) in [5.74, 6) is -0.368. The first-order valence-electron chi connectivity index (χ1n) is 9.46. The summed E-state index contributed by atoms with van der Waals surface area (Å²) in [5.41, 5.74) is 0.807. The minimum atomic E-state index is -2.93. The Kier molecular flexibility index (Phi) is 6.52. The van der Waals surface area contributed by atoms with Gasteiger partial charge in [-0.15, -0.1) is 0 Å². The van der Waals surface area contributed by atoms with Crippen LogP contribution in [0.2, 0.25) is 0 Å². The summed E-state index contributed by atoms with van der Waals surface area (Å²) in [5, 5.41) is 1.62. The molecule has 0 aromatic heterocycles. The lowest BCUT2D eigenvalue weighted by atomic mass is 10.3. The van der Waals surface area contributed by atoms with Crippen LogP contribution in [0.5, 0.6) is 0 Å². The molecule has 1 saturated heterocycles. The van der Waals surface area contributed by atoms with E-state index in [-0.39, 0.29) is 5.97 Å². The number of nitrogens with zero attached hydrogens (tertiary/aromatic N) is 1. The van der Waals surface area contributed by atoms with Crippen molar-refractivity contribution in [3.63, 3.8) is 0 Å². The molecule has 0 radical (unpaired) electrons. The molecule has 0 atom stereocenters. The van der Waals surface area contributed by atoms with E-state index < -0.39 is 7.14 Å². The van der Waals surface area contributed by atoms with Crippen LogP contribution in [0.1, 0.15) is 19.8 Å². The van der Waals surface area contributed by atoms with Gasteiger partial charge in [0.2, 0.25) is 0 Å². The molecule has 5 heteroatoms. The normalized spacial score (nSPS) is 15.0. The average Bonchev–Trinajstić information content (AvgIpc) is 3.24. The van der Waals surface area contributed by atoms with Gasteiger partial charge < -0.3 is 14.2 Å². The molecule has 0 aliphatic carbocycles. The molecular formula is C22H26NO3P. The molecule has 1 aliphatic rings. The predicted molar refractivity (Wildman–Crippen MR) is 110 cm³/mol. The number of allylic oxidation sites excluding steroid dienone is 1. The molecule has 0 spiro atoms. The van der Waals surface area contributed by atoms with Crippen LogP contribution in [0.4, 0.5) is 0 Å². The third-order valence-electron chi connectivity index (χ3n) is 4.81. The Morgan fingerprint density at radius 1 is 1.00 bits per heavy atom. The van der Waals surface area contributed by atoms with E-state index in [1.165, 1.54) is 6.08 Å². The zero-order chi connectivity index (χ0) is 19.1. The van der Waals surface area contributed by atoms with Gasteiger partial charge in [-0.3, -0.25) is 0 Å². The monoisotopic (exact) mass is 383 g/mol. The van der Waals surface area contributed by atoms with Crippen molar-refractivity contribution in [1.29, 1.82) is 0 Å². The van der Waals surface area contributed by atoms with Gasteiger partial charge in [0.1, 0.15) is 7.14 Å². The van der Waals surface area contributed by atoms with Crippen molar-refractivity contribution in [3.05, 3.63) is 72.4 Å². The molecule has 1 fully saturated rings. The molecule has 0 unspecified atom stereocenters. The van der Waals surface area contributed by atoms with E-state index in [2.05, 4.69) is 4.90 Å². The highest BCUT2D eigenvalue weighted by atomic mass is 31.2. The topological polar surface area (TPSA) is 46.6 Å². The van der Waals surface area contributed by atoms with Gasteiger partial charge in [0.15, 0.2) is 0 Å². The average molecular weight is 383 g/mol. The second-order valence-corrected chi connectivity index (χ2v) is 9.48. The second-order valence-electron chi connectivity index (χ2n) is 6.65. The molecule has 142 valence electrons. The smallest absolute Gasteiger partial charge is 0.332 e. The Morgan fingerprint density at radius 2 is 1.52 bits per heavy atom. The fourth-order valence-corrected chi connectivity index (χ4v) is 6.18. The molecule has 27 heavy (non-hydrogen) atoms. The lowest BCUT2D eigenvalue weighted by molar-refractivity contribution is -0.137. The molecule has 1 heterocycles. The van der Waals surface area contributed by atoms with Crippen LogP contribution in [0.15, 0.2) is 72.4 Å². The first kappa shape index (κ1) is 19.4. The van der Waals surface area contributed by atoms with E-state index in [4.69, 9.17) is 4.74 Å². The van der Waals surface area contributed by atoms with Crippen molar-refractivity contribution in [2.45, 2.75) is 19.8 Å². The van der Waals surface area contributed by atoms with Gasteiger partial charge in [-0.2, -0.15) is 0 Å². The van der Waals surface area contributed by atoms with E-state index in [1.807, 2.05) is 60.7 Å². The van der Waals surface area contributed by atoms with E-state index in [0.29, 0.717) is 12.8 Å². The Hall–Kier alpha value is -2.32. The van der Waals surface area contributed by atoms with Gasteiger partial charge in [0.25, 0.3) is 0 Å². The van der Waals surface area contributed by atoms with Gasteiger partial charge in [-0.1, -0.05) is 60.7 Å². The van der Waals surface area contributed by atoms with E-state index >= 15 is 0 Å². The highest BCUT2D eigenvalue weighted by Crippen LogP contribution is 2.45. The molecule has 4 nitrogen and oxygen atoms in total. The largest absolute Gasteiger partial charge is 0.463 e. The maximum absolute atomic E-state index is 14.3. The second kappa shape index (κ2) is 9.05. The van der Waals surface area contributed by atoms with Gasteiger partial charge in [-0.05, 0) is 19.8 Å². The zero-order valence-electron chi connectivity index (χ0n) is 15.7. The van der Waals surface area contributed by atoms with Gasteiger partial charge >= 0.3 is 5.97 Å². The van der Waals surface area contributed by atoms with E-state index in [1.54, 1.807) is 6.92 Å². The highest BCUT2D eigenvalue weighted by molar-refractivity contribution is 7.78. The van der Waals surface area contributed by atoms with Gasteiger partial charge in [-0.25, -0.2) is 4.79 Å². The number of benzene rings is 2. The molecular weight excluding hydrogens is 357 g/mol. The third kappa shape index (κ3) is 4.70. The van der Waals surface area contributed by atoms with Crippen LogP contribution in [0.3, 0.4) is 0 Å². The maximum atomic E-state index is 14.3. The van der Waals surface area contributed by atoms with E-state index in [9.17, 15) is 9.36 Å². The summed E-state index contributed by atoms with van der Waals surface area (Å²) < 4.78 is 19.4. The van der Waals surface area contributed by atoms with Crippen LogP contribution < -0.4 is 10.6 Å². The Morgan fingerprint density at radius 3 is 2.00 bits per heavy atom. The fourth-order valence-electron chi connectivity index (χ4n) is 3.46. The lowest BCUT2D eigenvalue weighted by Crippen LogP contribution is -2.27. The van der Waals surface area contributed by atoms with Crippen LogP contribution in [0, 0.1) is 0 Å². The van der Waals surface area contributed by atoms with Crippen LogP contribution in [-0.4, -0.2) is 36.7 Å². The molecule has 0 amide bonds. The summed E-state index contributed by atoms with van der Waals surface area (Å²) >= 11 is 0. The van der Waals surface area contributed by atoms with Crippen molar-refractivity contribution in [1.82, 2.24) is 4.90 Å². The Balaban J connectivity index is 2.03. The Labute approximate surface area is 161 Å². The minimum Gasteiger partial charge on any atom is -0.463 e. The number of hydrogen-bond acceptors (Lipinski definition) is 4. The lowest BCUT2D eigenvalue weighted by Gasteiger charge is -2.27. The molecule has 0 bridgehead atoms. The third-order valence-corrected chi connectivity index (χ3v) is 7.85. The predicted octanol–water partition coefficient (Wildman–Crippen LogP) is 3.54. The zero-order valence-corrected chi connectivity index (χ0v) is 16.6. The van der Waals surface area contributed by atoms with Crippen LogP contribution in [-0.2, 0) is 14.1 Å². The Bertz CT molecular complexity index is 784. The summed E-state index contributed by atoms with van der Waals surface area (Å²) in [6.45, 7) is 3.89. The number of esters is 1. The standard InChI is InChI=1S/C22H26NO3P/c1-2-26-22(24)17-19(23-15-9-10-16-23)18-27(25,20-11-5-3-6-12-20)21-13-7-4-8-14-21/h3-8,11-14,17H,2,9-10,15-16,18H2,1H3/b19-17-. The van der Waals surface area contributed by atoms with Crippen molar-refractivity contribution in [2.24, 2.45) is 0 Å². The molecule has 1 aliphatic heterocycles. The number of ether oxygens (including phenoxy) is 1. The first-order valence-corrected chi connectivity index (χ1v) is 11.4. The highest BCUT2D eigenvalue weighted by Gasteiger charge is 2.31. The summed E-state index contributed by atoms with van der Waals surface area (Å²) in [6, 6.07) is 19.2. The van der Waals surface area contributed by atoms with Crippen LogP contribution in [0.25, 0.3) is 0 Å². The van der Waals surface area contributed by atoms with Gasteiger partial charge in [0.05, 0.1) is 6.61 Å². The molecule has 0 N–H and O–H groups in total. The van der Waals surface area contributed by atoms with Crippen molar-refractivity contribution in [2.75, 3.05) is 25.9 Å². The number of carbonyl (C=O) groups is 1. The summed E-state index contributed by atoms with van der Waals surface area (Å²) in [6.07, 6.45) is 4.02. The SMILES string of the molecule is CCOC(=O)/C=C(/CP(=O)(c1ccccc1)c1ccccc1)N1CCCC1. The number of carbonyl (C=O) groups excluding carboxylic acids is 1. The fraction of sp³-hybridized carbons (Fsp3) is 0.318. The number of hydrogen-bond donors (Lipinski definition) is 0. The molecule has 0 saturated carbocycles. The van der Waals surface area contributed by atoms with Crippen molar-refractivity contribution in [3.8, 4) is 0 Å². The first-order chi connectivity index (χ1) is 13.1. The number of rotatable bonds is 7. The van der Waals surface area contributed by atoms with Gasteiger partial charge in [0, 0.05) is 41.6 Å². The summed E-state index contributed by atoms with van der Waals surface area (Å²) in [4.78, 5) is 14.3. The maximum Gasteiger partial charge on any atom is 0.332 e. The van der Waals surface area contributed by atoms with Crippen molar-refractivity contribution >= 4 is 23.7 Å². The molecule has 2 aromatic carbocycles. The molecule has 2 aromatic rings.